The lowest BCUT2D eigenvalue weighted by Crippen LogP contribution is -1.86. The van der Waals surface area contributed by atoms with E-state index in [2.05, 4.69) is 47.8 Å². The number of hydrogen-bond acceptors (Lipinski definition) is 1. The molecule has 0 aromatic heterocycles. The maximum Gasteiger partial charge on any atom is 0.0711 e. The molecule has 0 aliphatic rings. The molecule has 1 N–H and O–H groups in total. The molecule has 0 saturated heterocycles. The van der Waals surface area contributed by atoms with Gasteiger partial charge in [-0.05, 0) is 29.8 Å². The van der Waals surface area contributed by atoms with Gasteiger partial charge in [-0.3, -0.25) is 0 Å². The van der Waals surface area contributed by atoms with E-state index in [0.717, 1.165) is 14.5 Å². The Bertz CT molecular complexity index is 561. The summed E-state index contributed by atoms with van der Waals surface area (Å²) in [4.78, 5) is 0. The van der Waals surface area contributed by atoms with Gasteiger partial charge in [-0.25, -0.2) is 0 Å². The van der Waals surface area contributed by atoms with Crippen LogP contribution in [0.3, 0.4) is 0 Å². The third-order valence-corrected chi connectivity index (χ3v) is 5.33. The highest BCUT2D eigenvalue weighted by atomic mass is 79.9. The Balaban J connectivity index is 0.000000220. The molecule has 0 aliphatic carbocycles. The maximum atomic E-state index is 8.81. The third-order valence-electron chi connectivity index (χ3n) is 2.50. The van der Waals surface area contributed by atoms with Gasteiger partial charge in [-0.2, -0.15) is 0 Å². The second kappa shape index (κ2) is 10.1. The molecule has 0 atom stereocenters. The first kappa shape index (κ1) is 21.0. The zero-order valence-corrected chi connectivity index (χ0v) is 18.6. The van der Waals surface area contributed by atoms with E-state index in [1.807, 2.05) is 12.1 Å². The summed E-state index contributed by atoms with van der Waals surface area (Å²) in [6.07, 6.45) is 0. The number of alkyl halides is 1. The predicted octanol–water partition coefficient (Wildman–Crippen LogP) is 7.90. The molecule has 1 nitrogen and oxygen atoms in total. The molecule has 2 aromatic carbocycles. The Kier molecular flexibility index (Phi) is 9.66. The zero-order valence-electron chi connectivity index (χ0n) is 10.8. The van der Waals surface area contributed by atoms with Gasteiger partial charge in [0.1, 0.15) is 0 Å². The number of halogens is 7. The molecule has 2 aromatic rings. The Morgan fingerprint density at radius 3 is 1.32 bits per heavy atom. The van der Waals surface area contributed by atoms with Crippen molar-refractivity contribution >= 4 is 94.2 Å². The second-order valence-corrected chi connectivity index (χ2v) is 8.01. The molecule has 0 fully saturated rings. The van der Waals surface area contributed by atoms with Crippen molar-refractivity contribution in [3.63, 3.8) is 0 Å². The van der Waals surface area contributed by atoms with E-state index in [1.54, 1.807) is 12.1 Å². The largest absolute Gasteiger partial charge is 0.392 e. The standard InChI is InChI=1S/C7H4Br2Cl2.C7H5BrCl2O/c8-3-5-6(10)1-4(9)2-7(5)11;8-4-1-6(9)5(3-11)7(10)2-4/h1-2H,3H2;1-2,11H,3H2. The van der Waals surface area contributed by atoms with E-state index in [9.17, 15) is 0 Å². The van der Waals surface area contributed by atoms with E-state index in [1.165, 1.54) is 0 Å². The van der Waals surface area contributed by atoms with Gasteiger partial charge >= 0.3 is 0 Å². The fourth-order valence-electron chi connectivity index (χ4n) is 1.42. The number of benzene rings is 2. The summed E-state index contributed by atoms with van der Waals surface area (Å²) in [6.45, 7) is -0.134. The van der Waals surface area contributed by atoms with Crippen LogP contribution in [0.1, 0.15) is 11.1 Å². The Hall–Kier alpha value is 1.000. The van der Waals surface area contributed by atoms with E-state index in [4.69, 9.17) is 51.5 Å². The van der Waals surface area contributed by atoms with Gasteiger partial charge in [0, 0.05) is 39.9 Å². The Morgan fingerprint density at radius 1 is 0.727 bits per heavy atom. The first-order valence-corrected chi connectivity index (χ1v) is 9.95. The topological polar surface area (TPSA) is 20.2 Å². The summed E-state index contributed by atoms with van der Waals surface area (Å²) in [5.41, 5.74) is 1.49. The molecular formula is C14H9Br3Cl4O. The van der Waals surface area contributed by atoms with Crippen LogP contribution < -0.4 is 0 Å². The first-order valence-electron chi connectivity index (χ1n) is 5.73. The van der Waals surface area contributed by atoms with Crippen LogP contribution in [-0.4, -0.2) is 5.11 Å². The lowest BCUT2D eigenvalue weighted by atomic mass is 10.2. The summed E-state index contributed by atoms with van der Waals surface area (Å²) in [6, 6.07) is 7.03. The maximum absolute atomic E-state index is 8.81. The van der Waals surface area contributed by atoms with Crippen LogP contribution in [0.4, 0.5) is 0 Å². The monoisotopic (exact) mass is 570 g/mol. The summed E-state index contributed by atoms with van der Waals surface area (Å²) in [7, 11) is 0. The van der Waals surface area contributed by atoms with E-state index >= 15 is 0 Å². The lowest BCUT2D eigenvalue weighted by Gasteiger charge is -2.03. The van der Waals surface area contributed by atoms with Crippen molar-refractivity contribution in [2.75, 3.05) is 0 Å². The summed E-state index contributed by atoms with van der Waals surface area (Å²) < 4.78 is 1.71. The highest BCUT2D eigenvalue weighted by Gasteiger charge is 2.05. The molecule has 0 bridgehead atoms. The average Bonchev–Trinajstić information content (AvgIpc) is 2.38. The van der Waals surface area contributed by atoms with Crippen molar-refractivity contribution in [1.82, 2.24) is 0 Å². The number of aliphatic hydroxyl groups is 1. The Labute approximate surface area is 174 Å². The van der Waals surface area contributed by atoms with Crippen molar-refractivity contribution in [2.45, 2.75) is 11.9 Å². The number of hydrogen-bond donors (Lipinski definition) is 1. The zero-order chi connectivity index (χ0) is 16.9. The molecule has 120 valence electrons. The average molecular weight is 575 g/mol. The van der Waals surface area contributed by atoms with Gasteiger partial charge in [0.2, 0.25) is 0 Å². The molecular weight excluding hydrogens is 566 g/mol. The van der Waals surface area contributed by atoms with Gasteiger partial charge in [-0.1, -0.05) is 94.2 Å². The van der Waals surface area contributed by atoms with Crippen LogP contribution in [0.5, 0.6) is 0 Å². The molecule has 0 heterocycles. The molecule has 0 spiro atoms. The number of rotatable bonds is 2. The van der Waals surface area contributed by atoms with Crippen LogP contribution in [0.15, 0.2) is 33.2 Å². The Morgan fingerprint density at radius 2 is 1.05 bits per heavy atom. The van der Waals surface area contributed by atoms with Crippen molar-refractivity contribution < 1.29 is 5.11 Å². The second-order valence-electron chi connectivity index (χ2n) is 3.99. The van der Waals surface area contributed by atoms with Crippen molar-refractivity contribution in [3.05, 3.63) is 64.4 Å². The molecule has 0 radical (unpaired) electrons. The first-order chi connectivity index (χ1) is 10.3. The van der Waals surface area contributed by atoms with Gasteiger partial charge < -0.3 is 5.11 Å². The molecule has 8 heteroatoms. The molecule has 22 heavy (non-hydrogen) atoms. The summed E-state index contributed by atoms with van der Waals surface area (Å²) in [5.74, 6) is 0. The van der Waals surface area contributed by atoms with Crippen molar-refractivity contribution in [1.29, 1.82) is 0 Å². The minimum Gasteiger partial charge on any atom is -0.392 e. The van der Waals surface area contributed by atoms with E-state index in [0.29, 0.717) is 31.0 Å². The van der Waals surface area contributed by atoms with E-state index in [-0.39, 0.29) is 6.61 Å². The highest BCUT2D eigenvalue weighted by Crippen LogP contribution is 2.30. The molecule has 0 unspecified atom stereocenters. The summed E-state index contributed by atoms with van der Waals surface area (Å²) in [5, 5.41) is 11.8. The minimum absolute atomic E-state index is 0.134. The van der Waals surface area contributed by atoms with Crippen molar-refractivity contribution in [2.24, 2.45) is 0 Å². The van der Waals surface area contributed by atoms with Crippen LogP contribution in [0, 0.1) is 0 Å². The van der Waals surface area contributed by atoms with Crippen LogP contribution in [0.25, 0.3) is 0 Å². The quantitative estimate of drug-likeness (QED) is 0.362. The molecule has 0 saturated carbocycles. The molecule has 0 aliphatic heterocycles. The van der Waals surface area contributed by atoms with Gasteiger partial charge in [0.15, 0.2) is 0 Å². The highest BCUT2D eigenvalue weighted by molar-refractivity contribution is 9.10. The molecule has 2 rings (SSSR count). The molecule has 0 amide bonds. The van der Waals surface area contributed by atoms with Gasteiger partial charge in [0.05, 0.1) is 6.61 Å². The normalized spacial score (nSPS) is 10.2. The van der Waals surface area contributed by atoms with Crippen molar-refractivity contribution in [3.8, 4) is 0 Å². The van der Waals surface area contributed by atoms with Gasteiger partial charge in [0.25, 0.3) is 0 Å². The van der Waals surface area contributed by atoms with Crippen LogP contribution in [0.2, 0.25) is 20.1 Å². The minimum atomic E-state index is -0.134. The van der Waals surface area contributed by atoms with Crippen LogP contribution >= 0.6 is 94.2 Å². The number of aliphatic hydroxyl groups excluding tert-OH is 1. The SMILES string of the molecule is Clc1cc(Br)cc(Cl)c1CBr.OCc1c(Cl)cc(Br)cc1Cl. The van der Waals surface area contributed by atoms with E-state index < -0.39 is 0 Å². The predicted molar refractivity (Wildman–Crippen MR) is 107 cm³/mol. The summed E-state index contributed by atoms with van der Waals surface area (Å²) >= 11 is 33.1. The third kappa shape index (κ3) is 6.14. The smallest absolute Gasteiger partial charge is 0.0711 e. The van der Waals surface area contributed by atoms with Gasteiger partial charge in [-0.15, -0.1) is 0 Å². The van der Waals surface area contributed by atoms with Crippen LogP contribution in [-0.2, 0) is 11.9 Å². The fourth-order valence-corrected chi connectivity index (χ4v) is 5.02. The fraction of sp³-hybridized carbons (Fsp3) is 0.143. The lowest BCUT2D eigenvalue weighted by molar-refractivity contribution is 0.282.